The van der Waals surface area contributed by atoms with E-state index in [2.05, 4.69) is 18.7 Å². The summed E-state index contributed by atoms with van der Waals surface area (Å²) in [6.45, 7) is 7.22. The molecular weight excluding hydrogens is 213 g/mol. The van der Waals surface area contributed by atoms with E-state index in [1.54, 1.807) is 32.1 Å². The molecule has 4 aliphatic rings. The summed E-state index contributed by atoms with van der Waals surface area (Å²) in [7, 11) is 0. The zero-order valence-corrected chi connectivity index (χ0v) is 12.4. The van der Waals surface area contributed by atoms with Crippen molar-refractivity contribution >= 4 is 9.90 Å². The second-order valence-electron chi connectivity index (χ2n) is 6.14. The third-order valence-corrected chi connectivity index (χ3v) is 5.41. The Morgan fingerprint density at radius 2 is 1.25 bits per heavy atom. The minimum Gasteiger partial charge on any atom is -0.300 e. The van der Waals surface area contributed by atoms with Gasteiger partial charge in [-0.1, -0.05) is 13.8 Å². The van der Waals surface area contributed by atoms with Crippen LogP contribution in [0, 0.1) is 23.7 Å². The van der Waals surface area contributed by atoms with Gasteiger partial charge in [0.05, 0.1) is 0 Å². The quantitative estimate of drug-likeness (QED) is 0.686. The molecule has 4 aliphatic carbocycles. The highest BCUT2D eigenvalue weighted by atomic mass is 31.0. The maximum Gasteiger partial charge on any atom is 0.0152 e. The van der Waals surface area contributed by atoms with Crippen LogP contribution in [0.5, 0.6) is 0 Å². The van der Waals surface area contributed by atoms with Crippen molar-refractivity contribution in [3.63, 3.8) is 0 Å². The van der Waals surface area contributed by atoms with Gasteiger partial charge in [0.25, 0.3) is 0 Å². The van der Waals surface area contributed by atoms with Crippen LogP contribution in [0.15, 0.2) is 0 Å². The molecule has 0 N–H and O–H groups in total. The van der Waals surface area contributed by atoms with Crippen LogP contribution in [0.2, 0.25) is 0 Å². The summed E-state index contributed by atoms with van der Waals surface area (Å²) >= 11 is 0. The van der Waals surface area contributed by atoms with Gasteiger partial charge in [-0.2, -0.15) is 9.90 Å². The molecule has 4 fully saturated rings. The van der Waals surface area contributed by atoms with Crippen LogP contribution < -0.4 is 0 Å². The highest BCUT2D eigenvalue weighted by Crippen LogP contribution is 2.55. The largest absolute Gasteiger partial charge is 0.300 e. The smallest absolute Gasteiger partial charge is 0.0152 e. The topological polar surface area (TPSA) is 3.24 Å². The molecule has 0 radical (unpaired) electrons. The Balaban J connectivity index is 0.000000963. The highest BCUT2D eigenvalue weighted by Gasteiger charge is 2.49. The molecule has 1 nitrogen and oxygen atoms in total. The van der Waals surface area contributed by atoms with Gasteiger partial charge in [0, 0.05) is 6.04 Å². The first-order valence-electron chi connectivity index (χ1n) is 7.05. The van der Waals surface area contributed by atoms with Gasteiger partial charge in [-0.3, -0.25) is 0 Å². The van der Waals surface area contributed by atoms with E-state index in [1.165, 1.54) is 13.1 Å². The molecule has 0 heterocycles. The lowest BCUT2D eigenvalue weighted by Crippen LogP contribution is -2.55. The van der Waals surface area contributed by atoms with Crippen molar-refractivity contribution in [1.29, 1.82) is 0 Å². The fourth-order valence-corrected chi connectivity index (χ4v) is 5.14. The predicted octanol–water partition coefficient (Wildman–Crippen LogP) is 3.21. The van der Waals surface area contributed by atoms with E-state index in [0.717, 1.165) is 29.7 Å². The van der Waals surface area contributed by atoms with Crippen LogP contribution in [-0.2, 0) is 0 Å². The molecule has 0 aromatic carbocycles. The van der Waals surface area contributed by atoms with E-state index < -0.39 is 0 Å². The maximum atomic E-state index is 2.76. The Kier molecular flexibility index (Phi) is 3.97. The van der Waals surface area contributed by atoms with Crippen LogP contribution in [0.3, 0.4) is 0 Å². The number of rotatable bonds is 3. The van der Waals surface area contributed by atoms with Crippen molar-refractivity contribution < 1.29 is 0 Å². The maximum absolute atomic E-state index is 2.76. The average Bonchev–Trinajstić information content (AvgIpc) is 2.22. The Morgan fingerprint density at radius 3 is 1.62 bits per heavy atom. The van der Waals surface area contributed by atoms with E-state index in [0.29, 0.717) is 0 Å². The first-order chi connectivity index (χ1) is 7.31. The molecule has 0 aliphatic heterocycles. The van der Waals surface area contributed by atoms with Crippen molar-refractivity contribution in [1.82, 2.24) is 4.90 Å². The van der Waals surface area contributed by atoms with Gasteiger partial charge in [-0.25, -0.2) is 0 Å². The van der Waals surface area contributed by atoms with Crippen LogP contribution in [0.1, 0.15) is 46.0 Å². The summed E-state index contributed by atoms with van der Waals surface area (Å²) in [5.74, 6) is 4.39. The number of hydrogen-bond acceptors (Lipinski definition) is 1. The normalized spacial score (nSPS) is 44.8. The molecule has 4 saturated carbocycles. The lowest BCUT2D eigenvalue weighted by atomic mass is 9.54. The molecule has 0 spiro atoms. The fraction of sp³-hybridized carbons (Fsp3) is 1.00. The molecule has 0 aromatic heterocycles. The lowest BCUT2D eigenvalue weighted by Gasteiger charge is -2.57. The van der Waals surface area contributed by atoms with Crippen molar-refractivity contribution in [3.05, 3.63) is 0 Å². The van der Waals surface area contributed by atoms with Gasteiger partial charge in [0.15, 0.2) is 0 Å². The van der Waals surface area contributed by atoms with Crippen LogP contribution >= 0.6 is 9.90 Å². The van der Waals surface area contributed by atoms with Gasteiger partial charge in [0.2, 0.25) is 0 Å². The van der Waals surface area contributed by atoms with Gasteiger partial charge in [-0.05, 0) is 68.9 Å². The summed E-state index contributed by atoms with van der Waals surface area (Å²) in [5, 5.41) is 0. The molecule has 94 valence electrons. The van der Waals surface area contributed by atoms with E-state index in [1.807, 2.05) is 0 Å². The molecule has 1 unspecified atom stereocenters. The molecule has 4 bridgehead atoms. The molecule has 0 aromatic rings. The summed E-state index contributed by atoms with van der Waals surface area (Å²) < 4.78 is 0. The first kappa shape index (κ1) is 12.8. The molecule has 16 heavy (non-hydrogen) atoms. The van der Waals surface area contributed by atoms with Crippen molar-refractivity contribution in [2.24, 2.45) is 23.7 Å². The fourth-order valence-electron chi connectivity index (χ4n) is 5.14. The van der Waals surface area contributed by atoms with Crippen LogP contribution in [0.4, 0.5) is 0 Å². The van der Waals surface area contributed by atoms with E-state index in [9.17, 15) is 0 Å². The Morgan fingerprint density at radius 1 is 0.812 bits per heavy atom. The minimum atomic E-state index is 0. The third kappa shape index (κ3) is 1.95. The zero-order valence-electron chi connectivity index (χ0n) is 11.0. The summed E-state index contributed by atoms with van der Waals surface area (Å²) in [6.07, 6.45) is 7.84. The lowest BCUT2D eigenvalue weighted by molar-refractivity contribution is -0.0623. The zero-order chi connectivity index (χ0) is 10.4. The third-order valence-electron chi connectivity index (χ3n) is 5.41. The number of nitrogens with zero attached hydrogens (tertiary/aromatic N) is 1. The molecule has 4 rings (SSSR count). The molecule has 1 atom stereocenters. The van der Waals surface area contributed by atoms with Crippen LogP contribution in [-0.4, -0.2) is 24.0 Å². The molecular formula is C14H28NP. The predicted molar refractivity (Wildman–Crippen MR) is 74.9 cm³/mol. The second-order valence-corrected chi connectivity index (χ2v) is 6.14. The van der Waals surface area contributed by atoms with E-state index in [4.69, 9.17) is 0 Å². The molecule has 2 heteroatoms. The van der Waals surface area contributed by atoms with Crippen molar-refractivity contribution in [2.75, 3.05) is 13.1 Å². The van der Waals surface area contributed by atoms with E-state index >= 15 is 0 Å². The molecule has 0 saturated heterocycles. The van der Waals surface area contributed by atoms with Gasteiger partial charge >= 0.3 is 0 Å². The average molecular weight is 241 g/mol. The monoisotopic (exact) mass is 241 g/mol. The van der Waals surface area contributed by atoms with Gasteiger partial charge < -0.3 is 4.90 Å². The van der Waals surface area contributed by atoms with Crippen LogP contribution in [0.25, 0.3) is 0 Å². The van der Waals surface area contributed by atoms with Crippen molar-refractivity contribution in [3.8, 4) is 0 Å². The Labute approximate surface area is 104 Å². The second kappa shape index (κ2) is 4.94. The summed E-state index contributed by atoms with van der Waals surface area (Å²) in [5.41, 5.74) is 0. The van der Waals surface area contributed by atoms with Gasteiger partial charge in [0.1, 0.15) is 0 Å². The Bertz CT molecular complexity index is 209. The molecule has 0 amide bonds. The SMILES string of the molecule is CCN(CC)C1C2CC3CC(C2)CC1C3.P. The van der Waals surface area contributed by atoms with Gasteiger partial charge in [-0.15, -0.1) is 0 Å². The first-order valence-corrected chi connectivity index (χ1v) is 7.05. The van der Waals surface area contributed by atoms with Crippen molar-refractivity contribution in [2.45, 2.75) is 52.0 Å². The minimum absolute atomic E-state index is 0. The highest BCUT2D eigenvalue weighted by molar-refractivity contribution is 6.92. The standard InChI is InChI=1S/C14H25N.H3P/c1-3-15(4-2)14-12-6-10-5-11(8-12)9-13(14)7-10;/h10-14H,3-9H2,1-2H3;1H3. The summed E-state index contributed by atoms with van der Waals surface area (Å²) in [4.78, 5) is 2.76. The number of hydrogen-bond donors (Lipinski definition) is 0. The van der Waals surface area contributed by atoms with E-state index in [-0.39, 0.29) is 9.90 Å². The summed E-state index contributed by atoms with van der Waals surface area (Å²) in [6, 6.07) is 0.966. The Hall–Kier alpha value is 0.390.